The van der Waals surface area contributed by atoms with Gasteiger partial charge in [0.25, 0.3) is 0 Å². The maximum Gasteiger partial charge on any atom is 0.196 e. The minimum atomic E-state index is -0.0656. The first kappa shape index (κ1) is 6.12. The largest absolute Gasteiger partial charge is 0.393 e. The first-order chi connectivity index (χ1) is 5.31. The van der Waals surface area contributed by atoms with E-state index in [1.165, 1.54) is 12.8 Å². The summed E-state index contributed by atoms with van der Waals surface area (Å²) in [6.07, 6.45) is 4.26. The molecule has 3 atom stereocenters. The lowest BCUT2D eigenvalue weighted by atomic mass is 9.79. The summed E-state index contributed by atoms with van der Waals surface area (Å²) in [5.41, 5.74) is 0.0270. The van der Waals surface area contributed by atoms with E-state index in [2.05, 4.69) is 10.2 Å². The van der Waals surface area contributed by atoms with Crippen molar-refractivity contribution in [3.05, 3.63) is 0 Å². The molecule has 1 heterocycles. The topological polar surface area (TPSA) is 45.0 Å². The summed E-state index contributed by atoms with van der Waals surface area (Å²) in [4.78, 5) is 0. The van der Waals surface area contributed by atoms with Crippen molar-refractivity contribution in [1.82, 2.24) is 0 Å². The van der Waals surface area contributed by atoms with E-state index in [0.29, 0.717) is 11.8 Å². The molecule has 1 aliphatic heterocycles. The zero-order valence-electron chi connectivity index (χ0n) is 6.40. The molecule has 0 aromatic heterocycles. The smallest absolute Gasteiger partial charge is 0.196 e. The van der Waals surface area contributed by atoms with E-state index in [0.717, 1.165) is 12.8 Å². The molecule has 3 rings (SSSR count). The Balaban J connectivity index is 1.91. The second kappa shape index (κ2) is 1.66. The van der Waals surface area contributed by atoms with Gasteiger partial charge in [-0.3, -0.25) is 0 Å². The summed E-state index contributed by atoms with van der Waals surface area (Å²) >= 11 is 0. The number of aliphatic hydroxyl groups excluding tert-OH is 1. The zero-order chi connectivity index (χ0) is 7.47. The molecule has 3 heteroatoms. The molecule has 0 radical (unpaired) electrons. The van der Waals surface area contributed by atoms with Gasteiger partial charge in [0, 0.05) is 11.8 Å². The Morgan fingerprint density at radius 3 is 2.09 bits per heavy atom. The maximum absolute atomic E-state index is 9.47. The van der Waals surface area contributed by atoms with Crippen LogP contribution in [-0.4, -0.2) is 16.9 Å². The van der Waals surface area contributed by atoms with Gasteiger partial charge < -0.3 is 5.11 Å². The standard InChI is InChI=1S/C8H12N2O/c11-7-3-5-1-2-6(4-7)8(5)9-10-8/h5-7,11H,1-4H2/t5-,6+,7?. The molecule has 1 spiro atoms. The average Bonchev–Trinajstić information content (AvgIpc) is 2.66. The Bertz CT molecular complexity index is 204. The van der Waals surface area contributed by atoms with Crippen molar-refractivity contribution in [2.45, 2.75) is 37.5 Å². The second-order valence-corrected chi connectivity index (χ2v) is 4.08. The first-order valence-electron chi connectivity index (χ1n) is 4.43. The Kier molecular flexibility index (Phi) is 0.922. The van der Waals surface area contributed by atoms with Crippen LogP contribution in [-0.2, 0) is 0 Å². The van der Waals surface area contributed by atoms with Crippen LogP contribution in [0.5, 0.6) is 0 Å². The lowest BCUT2D eigenvalue weighted by Gasteiger charge is -2.28. The Morgan fingerprint density at radius 1 is 1.09 bits per heavy atom. The Morgan fingerprint density at radius 2 is 1.64 bits per heavy atom. The van der Waals surface area contributed by atoms with Gasteiger partial charge in [-0.15, -0.1) is 0 Å². The van der Waals surface area contributed by atoms with Crippen LogP contribution in [0.15, 0.2) is 10.2 Å². The van der Waals surface area contributed by atoms with Crippen molar-refractivity contribution < 1.29 is 5.11 Å². The minimum absolute atomic E-state index is 0.0270. The molecule has 0 aromatic rings. The highest BCUT2D eigenvalue weighted by Crippen LogP contribution is 2.58. The van der Waals surface area contributed by atoms with Gasteiger partial charge in [0.1, 0.15) is 0 Å². The molecule has 11 heavy (non-hydrogen) atoms. The molecule has 2 bridgehead atoms. The molecule has 0 amide bonds. The predicted octanol–water partition coefficient (Wildman–Crippen LogP) is 1.33. The molecular weight excluding hydrogens is 140 g/mol. The van der Waals surface area contributed by atoms with E-state index in [1.54, 1.807) is 0 Å². The molecule has 3 nitrogen and oxygen atoms in total. The van der Waals surface area contributed by atoms with Crippen molar-refractivity contribution in [1.29, 1.82) is 0 Å². The molecule has 3 aliphatic rings. The van der Waals surface area contributed by atoms with E-state index >= 15 is 0 Å². The van der Waals surface area contributed by atoms with Crippen LogP contribution in [0.1, 0.15) is 25.7 Å². The van der Waals surface area contributed by atoms with Gasteiger partial charge in [0.15, 0.2) is 5.66 Å². The second-order valence-electron chi connectivity index (χ2n) is 4.08. The quantitative estimate of drug-likeness (QED) is 0.559. The third kappa shape index (κ3) is 0.625. The van der Waals surface area contributed by atoms with Gasteiger partial charge in [0.2, 0.25) is 0 Å². The fraction of sp³-hybridized carbons (Fsp3) is 1.00. The predicted molar refractivity (Wildman–Crippen MR) is 39.0 cm³/mol. The average molecular weight is 152 g/mol. The summed E-state index contributed by atoms with van der Waals surface area (Å²) < 4.78 is 0. The van der Waals surface area contributed by atoms with Gasteiger partial charge in [-0.1, -0.05) is 0 Å². The molecule has 2 fully saturated rings. The van der Waals surface area contributed by atoms with Crippen molar-refractivity contribution in [3.8, 4) is 0 Å². The summed E-state index contributed by atoms with van der Waals surface area (Å²) in [5.74, 6) is 1.16. The molecule has 2 aliphatic carbocycles. The Labute approximate surface area is 65.5 Å². The summed E-state index contributed by atoms with van der Waals surface area (Å²) in [7, 11) is 0. The van der Waals surface area contributed by atoms with Gasteiger partial charge in [-0.05, 0) is 25.7 Å². The maximum atomic E-state index is 9.47. The SMILES string of the molecule is OC1C[C@H]2CC[C@@H](C1)C21N=N1. The molecule has 0 aromatic carbocycles. The number of hydrogen-bond acceptors (Lipinski definition) is 3. The highest BCUT2D eigenvalue weighted by atomic mass is 16.3. The normalized spacial score (nSPS) is 50.1. The Hall–Kier alpha value is -0.440. The minimum Gasteiger partial charge on any atom is -0.393 e. The van der Waals surface area contributed by atoms with E-state index < -0.39 is 0 Å². The van der Waals surface area contributed by atoms with Gasteiger partial charge in [-0.25, -0.2) is 0 Å². The van der Waals surface area contributed by atoms with Crippen molar-refractivity contribution in [2.24, 2.45) is 22.1 Å². The monoisotopic (exact) mass is 152 g/mol. The third-order valence-corrected chi connectivity index (χ3v) is 3.51. The van der Waals surface area contributed by atoms with Gasteiger partial charge in [0.05, 0.1) is 6.10 Å². The van der Waals surface area contributed by atoms with Crippen LogP contribution in [0.3, 0.4) is 0 Å². The highest BCUT2D eigenvalue weighted by molar-refractivity contribution is 5.12. The van der Waals surface area contributed by atoms with E-state index in [-0.39, 0.29) is 11.8 Å². The molecule has 0 saturated heterocycles. The van der Waals surface area contributed by atoms with E-state index in [4.69, 9.17) is 0 Å². The summed E-state index contributed by atoms with van der Waals surface area (Å²) in [6.45, 7) is 0. The summed E-state index contributed by atoms with van der Waals surface area (Å²) in [6, 6.07) is 0. The third-order valence-electron chi connectivity index (χ3n) is 3.51. The van der Waals surface area contributed by atoms with Crippen LogP contribution >= 0.6 is 0 Å². The highest BCUT2D eigenvalue weighted by Gasteiger charge is 2.61. The molecule has 1 unspecified atom stereocenters. The summed E-state index contributed by atoms with van der Waals surface area (Å²) in [5, 5.41) is 17.8. The number of aliphatic hydroxyl groups is 1. The van der Waals surface area contributed by atoms with Crippen LogP contribution in [0.4, 0.5) is 0 Å². The van der Waals surface area contributed by atoms with Crippen molar-refractivity contribution in [3.63, 3.8) is 0 Å². The van der Waals surface area contributed by atoms with Crippen molar-refractivity contribution in [2.75, 3.05) is 0 Å². The van der Waals surface area contributed by atoms with E-state index in [1.807, 2.05) is 0 Å². The number of rotatable bonds is 0. The molecule has 2 saturated carbocycles. The fourth-order valence-corrected chi connectivity index (χ4v) is 2.88. The lowest BCUT2D eigenvalue weighted by molar-refractivity contribution is 0.0719. The fourth-order valence-electron chi connectivity index (χ4n) is 2.88. The van der Waals surface area contributed by atoms with Gasteiger partial charge >= 0.3 is 0 Å². The van der Waals surface area contributed by atoms with Crippen LogP contribution in [0, 0.1) is 11.8 Å². The van der Waals surface area contributed by atoms with Crippen molar-refractivity contribution >= 4 is 0 Å². The number of hydrogen-bond donors (Lipinski definition) is 1. The number of nitrogens with zero attached hydrogens (tertiary/aromatic N) is 2. The van der Waals surface area contributed by atoms with Crippen LogP contribution < -0.4 is 0 Å². The van der Waals surface area contributed by atoms with Crippen LogP contribution in [0.2, 0.25) is 0 Å². The first-order valence-corrected chi connectivity index (χ1v) is 4.43. The molecule has 60 valence electrons. The molecular formula is C8H12N2O. The lowest BCUT2D eigenvalue weighted by Crippen LogP contribution is -2.36. The van der Waals surface area contributed by atoms with E-state index in [9.17, 15) is 5.11 Å². The molecule has 1 N–H and O–H groups in total. The van der Waals surface area contributed by atoms with Crippen LogP contribution in [0.25, 0.3) is 0 Å². The zero-order valence-corrected chi connectivity index (χ0v) is 6.40. The van der Waals surface area contributed by atoms with Gasteiger partial charge in [-0.2, -0.15) is 10.2 Å².